The Morgan fingerprint density at radius 3 is 2.86 bits per heavy atom. The molecule has 1 atom stereocenters. The number of hydrogen-bond donors (Lipinski definition) is 1. The molecule has 1 aliphatic rings. The first-order valence-corrected chi connectivity index (χ1v) is 9.41. The highest BCUT2D eigenvalue weighted by Gasteiger charge is 2.31. The van der Waals surface area contributed by atoms with Crippen molar-refractivity contribution in [2.75, 3.05) is 33.0 Å². The standard InChI is InChI=1S/C14H22N2O3S2/c1-11-10-16(6-7-20-11)21(17,18)14-8-12(9-15-2)4-5-13(14)19-3/h4-5,8,11,15H,6-7,9-10H2,1-3H3. The minimum atomic E-state index is -3.51. The molecule has 0 aromatic heterocycles. The number of nitrogens with one attached hydrogen (secondary N) is 1. The van der Waals surface area contributed by atoms with Crippen LogP contribution >= 0.6 is 11.8 Å². The highest BCUT2D eigenvalue weighted by atomic mass is 32.2. The van der Waals surface area contributed by atoms with E-state index < -0.39 is 10.0 Å². The molecule has 1 aromatic carbocycles. The molecule has 1 unspecified atom stereocenters. The van der Waals surface area contributed by atoms with Crippen LogP contribution in [0.1, 0.15) is 12.5 Å². The van der Waals surface area contributed by atoms with Crippen LogP contribution in [-0.4, -0.2) is 51.0 Å². The number of methoxy groups -OCH3 is 1. The summed E-state index contributed by atoms with van der Waals surface area (Å²) >= 11 is 1.81. The number of benzene rings is 1. The quantitative estimate of drug-likeness (QED) is 0.887. The molecule has 0 spiro atoms. The second-order valence-electron chi connectivity index (χ2n) is 5.06. The predicted molar refractivity (Wildman–Crippen MR) is 86.4 cm³/mol. The Morgan fingerprint density at radius 1 is 1.48 bits per heavy atom. The Bertz CT molecular complexity index is 590. The zero-order valence-corrected chi connectivity index (χ0v) is 14.3. The summed E-state index contributed by atoms with van der Waals surface area (Å²) in [4.78, 5) is 0.261. The first-order chi connectivity index (χ1) is 9.98. The van der Waals surface area contributed by atoms with Crippen molar-refractivity contribution >= 4 is 21.8 Å². The van der Waals surface area contributed by atoms with E-state index in [4.69, 9.17) is 4.74 Å². The number of thioether (sulfide) groups is 1. The fourth-order valence-corrected chi connectivity index (χ4v) is 5.34. The van der Waals surface area contributed by atoms with Gasteiger partial charge in [-0.1, -0.05) is 13.0 Å². The van der Waals surface area contributed by atoms with Crippen molar-refractivity contribution in [2.24, 2.45) is 0 Å². The van der Waals surface area contributed by atoms with Gasteiger partial charge in [-0.2, -0.15) is 16.1 Å². The predicted octanol–water partition coefficient (Wildman–Crippen LogP) is 1.54. The van der Waals surface area contributed by atoms with Gasteiger partial charge < -0.3 is 10.1 Å². The molecule has 7 heteroatoms. The van der Waals surface area contributed by atoms with E-state index in [9.17, 15) is 8.42 Å². The van der Waals surface area contributed by atoms with Crippen LogP contribution in [0.15, 0.2) is 23.1 Å². The molecule has 0 amide bonds. The Morgan fingerprint density at radius 2 is 2.24 bits per heavy atom. The lowest BCUT2D eigenvalue weighted by atomic mass is 10.2. The molecule has 118 valence electrons. The van der Waals surface area contributed by atoms with E-state index in [1.165, 1.54) is 7.11 Å². The van der Waals surface area contributed by atoms with E-state index in [1.54, 1.807) is 28.2 Å². The van der Waals surface area contributed by atoms with Crippen molar-refractivity contribution < 1.29 is 13.2 Å². The van der Waals surface area contributed by atoms with Crippen molar-refractivity contribution in [3.63, 3.8) is 0 Å². The van der Waals surface area contributed by atoms with E-state index in [2.05, 4.69) is 12.2 Å². The average molecular weight is 330 g/mol. The zero-order valence-electron chi connectivity index (χ0n) is 12.6. The second kappa shape index (κ2) is 7.00. The maximum Gasteiger partial charge on any atom is 0.246 e. The van der Waals surface area contributed by atoms with E-state index in [1.807, 2.05) is 13.1 Å². The maximum atomic E-state index is 12.9. The molecular formula is C14H22N2O3S2. The molecule has 0 radical (unpaired) electrons. The van der Waals surface area contributed by atoms with E-state index in [0.29, 0.717) is 30.6 Å². The Kier molecular flexibility index (Phi) is 5.54. The first kappa shape index (κ1) is 16.6. The highest BCUT2D eigenvalue weighted by molar-refractivity contribution is 8.00. The SMILES string of the molecule is CNCc1ccc(OC)c(S(=O)(=O)N2CCSC(C)C2)c1. The second-order valence-corrected chi connectivity index (χ2v) is 8.51. The van der Waals surface area contributed by atoms with Crippen LogP contribution in [0.25, 0.3) is 0 Å². The van der Waals surface area contributed by atoms with Crippen molar-refractivity contribution in [2.45, 2.75) is 23.6 Å². The fraction of sp³-hybridized carbons (Fsp3) is 0.571. The highest BCUT2D eigenvalue weighted by Crippen LogP contribution is 2.30. The van der Waals surface area contributed by atoms with E-state index >= 15 is 0 Å². The van der Waals surface area contributed by atoms with Gasteiger partial charge in [0.15, 0.2) is 0 Å². The molecule has 2 rings (SSSR count). The van der Waals surface area contributed by atoms with Gasteiger partial charge in [-0.3, -0.25) is 0 Å². The van der Waals surface area contributed by atoms with Gasteiger partial charge >= 0.3 is 0 Å². The summed E-state index contributed by atoms with van der Waals surface area (Å²) in [6.45, 7) is 3.78. The third-order valence-electron chi connectivity index (χ3n) is 3.43. The summed E-state index contributed by atoms with van der Waals surface area (Å²) in [5, 5.41) is 3.35. The lowest BCUT2D eigenvalue weighted by molar-refractivity contribution is 0.391. The number of hydrogen-bond acceptors (Lipinski definition) is 5. The molecule has 0 saturated carbocycles. The maximum absolute atomic E-state index is 12.9. The summed E-state index contributed by atoms with van der Waals surface area (Å²) in [7, 11) is -0.175. The monoisotopic (exact) mass is 330 g/mol. The molecule has 0 aliphatic carbocycles. The number of sulfonamides is 1. The average Bonchev–Trinajstić information content (AvgIpc) is 2.47. The lowest BCUT2D eigenvalue weighted by Gasteiger charge is -2.30. The Balaban J connectivity index is 2.39. The van der Waals surface area contributed by atoms with Crippen molar-refractivity contribution in [1.82, 2.24) is 9.62 Å². The van der Waals surface area contributed by atoms with Gasteiger partial charge in [0.1, 0.15) is 10.6 Å². The van der Waals surface area contributed by atoms with Crippen molar-refractivity contribution in [1.29, 1.82) is 0 Å². The van der Waals surface area contributed by atoms with Crippen molar-refractivity contribution in [3.8, 4) is 5.75 Å². The minimum absolute atomic E-state index is 0.261. The third kappa shape index (κ3) is 3.71. The molecule has 5 nitrogen and oxygen atoms in total. The Labute approximate surface area is 131 Å². The van der Waals surface area contributed by atoms with E-state index in [-0.39, 0.29) is 4.90 Å². The summed E-state index contributed by atoms with van der Waals surface area (Å²) in [6, 6.07) is 5.31. The smallest absolute Gasteiger partial charge is 0.246 e. The first-order valence-electron chi connectivity index (χ1n) is 6.92. The van der Waals surface area contributed by atoms with Crippen LogP contribution in [0.5, 0.6) is 5.75 Å². The van der Waals surface area contributed by atoms with Crippen molar-refractivity contribution in [3.05, 3.63) is 23.8 Å². The van der Waals surface area contributed by atoms with Crippen LogP contribution in [0.3, 0.4) is 0 Å². The van der Waals surface area contributed by atoms with E-state index in [0.717, 1.165) is 11.3 Å². The summed E-state index contributed by atoms with van der Waals surface area (Å²) < 4.78 is 32.6. The molecule has 1 heterocycles. The topological polar surface area (TPSA) is 58.6 Å². The molecule has 0 bridgehead atoms. The van der Waals surface area contributed by atoms with Crippen LogP contribution in [0.2, 0.25) is 0 Å². The molecule has 1 aliphatic heterocycles. The normalized spacial score (nSPS) is 20.4. The van der Waals surface area contributed by atoms with Gasteiger partial charge in [0.05, 0.1) is 7.11 Å². The number of rotatable bonds is 5. The van der Waals surface area contributed by atoms with Crippen LogP contribution < -0.4 is 10.1 Å². The number of nitrogens with zero attached hydrogens (tertiary/aromatic N) is 1. The minimum Gasteiger partial charge on any atom is -0.495 e. The molecule has 1 aromatic rings. The van der Waals surface area contributed by atoms with Gasteiger partial charge in [0.25, 0.3) is 0 Å². The van der Waals surface area contributed by atoms with Crippen LogP contribution in [0, 0.1) is 0 Å². The fourth-order valence-electron chi connectivity index (χ4n) is 2.38. The molecule has 1 fully saturated rings. The summed E-state index contributed by atoms with van der Waals surface area (Å²) in [5.74, 6) is 1.24. The summed E-state index contributed by atoms with van der Waals surface area (Å²) in [6.07, 6.45) is 0. The lowest BCUT2D eigenvalue weighted by Crippen LogP contribution is -2.41. The molecule has 1 saturated heterocycles. The summed E-state index contributed by atoms with van der Waals surface area (Å²) in [5.41, 5.74) is 0.927. The largest absolute Gasteiger partial charge is 0.495 e. The van der Waals surface area contributed by atoms with Gasteiger partial charge in [0, 0.05) is 30.6 Å². The molecule has 21 heavy (non-hydrogen) atoms. The van der Waals surface area contributed by atoms with Gasteiger partial charge in [0.2, 0.25) is 10.0 Å². The van der Waals surface area contributed by atoms with Crippen LogP contribution in [-0.2, 0) is 16.6 Å². The van der Waals surface area contributed by atoms with Gasteiger partial charge in [-0.25, -0.2) is 8.42 Å². The number of ether oxygens (including phenoxy) is 1. The van der Waals surface area contributed by atoms with Gasteiger partial charge in [-0.15, -0.1) is 0 Å². The molecular weight excluding hydrogens is 308 g/mol. The third-order valence-corrected chi connectivity index (χ3v) is 6.45. The van der Waals surface area contributed by atoms with Crippen LogP contribution in [0.4, 0.5) is 0 Å². The zero-order chi connectivity index (χ0) is 15.5. The Hall–Kier alpha value is -0.760. The molecule has 1 N–H and O–H groups in total. The van der Waals surface area contributed by atoms with Gasteiger partial charge in [-0.05, 0) is 24.7 Å².